The van der Waals surface area contributed by atoms with Crippen molar-refractivity contribution in [2.45, 2.75) is 32.9 Å². The number of halogens is 1. The third-order valence-electron chi connectivity index (χ3n) is 3.73. The first-order chi connectivity index (χ1) is 10.0. The van der Waals surface area contributed by atoms with Crippen molar-refractivity contribution < 1.29 is 4.92 Å². The summed E-state index contributed by atoms with van der Waals surface area (Å²) in [6.45, 7) is 6.29. The van der Waals surface area contributed by atoms with Crippen LogP contribution in [0.3, 0.4) is 0 Å². The van der Waals surface area contributed by atoms with Crippen molar-refractivity contribution in [3.8, 4) is 0 Å². The molecule has 0 saturated heterocycles. The van der Waals surface area contributed by atoms with Crippen molar-refractivity contribution in [3.05, 3.63) is 45.0 Å². The SMILES string of the molecule is CCC=CCN1Cc2c(Cl)ccc([N+](=O)[O-])c2NC[C@@H]1C. The van der Waals surface area contributed by atoms with Crippen molar-refractivity contribution in [3.63, 3.8) is 0 Å². The molecule has 114 valence electrons. The van der Waals surface area contributed by atoms with Crippen molar-refractivity contribution in [2.75, 3.05) is 18.4 Å². The van der Waals surface area contributed by atoms with Crippen LogP contribution in [0.2, 0.25) is 5.02 Å². The number of allylic oxidation sites excluding steroid dienone is 1. The van der Waals surface area contributed by atoms with Crippen LogP contribution in [0, 0.1) is 10.1 Å². The lowest BCUT2D eigenvalue weighted by Crippen LogP contribution is -2.35. The van der Waals surface area contributed by atoms with Crippen LogP contribution in [0.4, 0.5) is 11.4 Å². The maximum atomic E-state index is 11.2. The minimum Gasteiger partial charge on any atom is -0.378 e. The van der Waals surface area contributed by atoms with Gasteiger partial charge in [-0.3, -0.25) is 15.0 Å². The second-order valence-electron chi connectivity index (χ2n) is 5.22. The molecule has 2 rings (SSSR count). The van der Waals surface area contributed by atoms with Crippen molar-refractivity contribution in [2.24, 2.45) is 0 Å². The van der Waals surface area contributed by atoms with Gasteiger partial charge >= 0.3 is 0 Å². The topological polar surface area (TPSA) is 58.4 Å². The fourth-order valence-electron chi connectivity index (χ4n) is 2.47. The predicted octanol–water partition coefficient (Wildman–Crippen LogP) is 3.83. The van der Waals surface area contributed by atoms with E-state index >= 15 is 0 Å². The van der Waals surface area contributed by atoms with E-state index in [0.717, 1.165) is 18.5 Å². The smallest absolute Gasteiger partial charge is 0.292 e. The Balaban J connectivity index is 2.34. The lowest BCUT2D eigenvalue weighted by atomic mass is 10.1. The molecule has 1 heterocycles. The van der Waals surface area contributed by atoms with Gasteiger partial charge in [-0.25, -0.2) is 0 Å². The number of nitrogens with zero attached hydrogens (tertiary/aromatic N) is 2. The van der Waals surface area contributed by atoms with Crippen LogP contribution in [-0.2, 0) is 6.54 Å². The summed E-state index contributed by atoms with van der Waals surface area (Å²) in [7, 11) is 0. The molecule has 0 saturated carbocycles. The fourth-order valence-corrected chi connectivity index (χ4v) is 2.69. The first-order valence-electron chi connectivity index (χ1n) is 7.13. The number of nitrogens with one attached hydrogen (secondary N) is 1. The molecule has 1 aromatic rings. The lowest BCUT2D eigenvalue weighted by Gasteiger charge is -2.25. The van der Waals surface area contributed by atoms with Crippen LogP contribution in [0.1, 0.15) is 25.8 Å². The highest BCUT2D eigenvalue weighted by Crippen LogP contribution is 2.36. The van der Waals surface area contributed by atoms with Gasteiger partial charge in [0.25, 0.3) is 5.69 Å². The first-order valence-corrected chi connectivity index (χ1v) is 7.51. The Morgan fingerprint density at radius 3 is 2.95 bits per heavy atom. The average molecular weight is 310 g/mol. The van der Waals surface area contributed by atoms with Gasteiger partial charge in [0.2, 0.25) is 0 Å². The summed E-state index contributed by atoms with van der Waals surface area (Å²) in [5.41, 5.74) is 1.45. The maximum absolute atomic E-state index is 11.2. The highest BCUT2D eigenvalue weighted by molar-refractivity contribution is 6.32. The van der Waals surface area contributed by atoms with Gasteiger partial charge in [-0.05, 0) is 19.4 Å². The number of hydrogen-bond donors (Lipinski definition) is 1. The van der Waals surface area contributed by atoms with E-state index in [-0.39, 0.29) is 16.7 Å². The Bertz CT molecular complexity index is 560. The molecule has 0 aliphatic carbocycles. The third-order valence-corrected chi connectivity index (χ3v) is 4.09. The summed E-state index contributed by atoms with van der Waals surface area (Å²) in [4.78, 5) is 13.1. The standard InChI is InChI=1S/C15H20ClN3O2/c1-3-4-5-8-18-10-12-13(16)6-7-14(19(20)21)15(12)17-9-11(18)2/h4-7,11,17H,3,8-10H2,1-2H3/t11-/m0/s1. The summed E-state index contributed by atoms with van der Waals surface area (Å²) in [6, 6.07) is 3.34. The van der Waals surface area contributed by atoms with Gasteiger partial charge < -0.3 is 5.32 Å². The number of nitro groups is 1. The zero-order valence-corrected chi connectivity index (χ0v) is 13.1. The monoisotopic (exact) mass is 309 g/mol. The number of benzene rings is 1. The lowest BCUT2D eigenvalue weighted by molar-refractivity contribution is -0.384. The van der Waals surface area contributed by atoms with Crippen LogP contribution in [0.5, 0.6) is 0 Å². The fraction of sp³-hybridized carbons (Fsp3) is 0.467. The summed E-state index contributed by atoms with van der Waals surface area (Å²) in [5.74, 6) is 0. The zero-order chi connectivity index (χ0) is 15.4. The minimum absolute atomic E-state index is 0.0903. The second-order valence-corrected chi connectivity index (χ2v) is 5.62. The molecule has 5 nitrogen and oxygen atoms in total. The number of fused-ring (bicyclic) bond motifs is 1. The van der Waals surface area contributed by atoms with Crippen LogP contribution in [0.25, 0.3) is 0 Å². The molecule has 1 atom stereocenters. The molecular formula is C15H20ClN3O2. The largest absolute Gasteiger partial charge is 0.378 e. The van der Waals surface area contributed by atoms with E-state index in [1.54, 1.807) is 6.07 Å². The molecule has 0 amide bonds. The highest BCUT2D eigenvalue weighted by atomic mass is 35.5. The minimum atomic E-state index is -0.362. The molecule has 0 aromatic heterocycles. The maximum Gasteiger partial charge on any atom is 0.292 e. The molecule has 0 unspecified atom stereocenters. The van der Waals surface area contributed by atoms with Gasteiger partial charge in [0.05, 0.1) is 4.92 Å². The van der Waals surface area contributed by atoms with Gasteiger partial charge in [0, 0.05) is 42.3 Å². The van der Waals surface area contributed by atoms with Crippen LogP contribution in [-0.4, -0.2) is 29.0 Å². The Kier molecular flexibility index (Phi) is 5.20. The Labute approximate surface area is 129 Å². The molecule has 1 aliphatic heterocycles. The van der Waals surface area contributed by atoms with Crippen molar-refractivity contribution in [1.29, 1.82) is 0 Å². The van der Waals surface area contributed by atoms with Crippen LogP contribution in [0.15, 0.2) is 24.3 Å². The number of hydrogen-bond acceptors (Lipinski definition) is 4. The molecule has 0 radical (unpaired) electrons. The number of nitro benzene ring substituents is 1. The van der Waals surface area contributed by atoms with Crippen LogP contribution >= 0.6 is 11.6 Å². The van der Waals surface area contributed by atoms with Crippen LogP contribution < -0.4 is 5.32 Å². The molecule has 0 bridgehead atoms. The van der Waals surface area contributed by atoms with Gasteiger partial charge in [0.1, 0.15) is 5.69 Å². The normalized spacial score (nSPS) is 19.1. The molecule has 6 heteroatoms. The van der Waals surface area contributed by atoms with E-state index in [9.17, 15) is 10.1 Å². The second kappa shape index (κ2) is 6.91. The first kappa shape index (κ1) is 15.8. The quantitative estimate of drug-likeness (QED) is 0.521. The van der Waals surface area contributed by atoms with E-state index in [1.807, 2.05) is 0 Å². The van der Waals surface area contributed by atoms with E-state index in [1.165, 1.54) is 6.07 Å². The van der Waals surface area contributed by atoms with Crippen molar-refractivity contribution in [1.82, 2.24) is 4.90 Å². The van der Waals surface area contributed by atoms with E-state index < -0.39 is 0 Å². The number of anilines is 1. The zero-order valence-electron chi connectivity index (χ0n) is 12.3. The Morgan fingerprint density at radius 1 is 1.52 bits per heavy atom. The molecular weight excluding hydrogens is 290 g/mol. The van der Waals surface area contributed by atoms with E-state index in [2.05, 4.69) is 36.2 Å². The average Bonchev–Trinajstić information content (AvgIpc) is 2.61. The summed E-state index contributed by atoms with van der Waals surface area (Å²) >= 11 is 6.26. The van der Waals surface area contributed by atoms with Gasteiger partial charge in [-0.1, -0.05) is 30.7 Å². The summed E-state index contributed by atoms with van der Waals surface area (Å²) in [6.07, 6.45) is 5.26. The molecule has 1 aliphatic rings. The predicted molar refractivity (Wildman–Crippen MR) is 85.9 cm³/mol. The molecule has 0 spiro atoms. The van der Waals surface area contributed by atoms with Gasteiger partial charge in [-0.15, -0.1) is 0 Å². The van der Waals surface area contributed by atoms with E-state index in [4.69, 9.17) is 11.6 Å². The Hall–Kier alpha value is -1.59. The molecule has 1 N–H and O–H groups in total. The van der Waals surface area contributed by atoms with E-state index in [0.29, 0.717) is 23.8 Å². The molecule has 21 heavy (non-hydrogen) atoms. The van der Waals surface area contributed by atoms with Gasteiger partial charge in [0.15, 0.2) is 0 Å². The van der Waals surface area contributed by atoms with Crippen molar-refractivity contribution >= 4 is 23.0 Å². The summed E-state index contributed by atoms with van der Waals surface area (Å²) in [5, 5.41) is 14.9. The molecule has 1 aromatic carbocycles. The van der Waals surface area contributed by atoms with Gasteiger partial charge in [-0.2, -0.15) is 0 Å². The Morgan fingerprint density at radius 2 is 2.29 bits per heavy atom. The number of rotatable bonds is 4. The summed E-state index contributed by atoms with van der Waals surface area (Å²) < 4.78 is 0. The highest BCUT2D eigenvalue weighted by Gasteiger charge is 2.26. The molecule has 0 fully saturated rings. The third kappa shape index (κ3) is 3.54.